The van der Waals surface area contributed by atoms with Crippen LogP contribution in [0.1, 0.15) is 5.56 Å². The number of rotatable bonds is 5. The minimum atomic E-state index is -1.04. The van der Waals surface area contributed by atoms with E-state index >= 15 is 0 Å². The lowest BCUT2D eigenvalue weighted by Gasteiger charge is -2.09. The van der Waals surface area contributed by atoms with Crippen molar-refractivity contribution in [2.45, 2.75) is 12.5 Å². The molecule has 0 bridgehead atoms. The van der Waals surface area contributed by atoms with Crippen LogP contribution in [-0.4, -0.2) is 33.4 Å². The summed E-state index contributed by atoms with van der Waals surface area (Å²) in [6, 6.07) is 11.6. The minimum Gasteiger partial charge on any atom is -0.494 e. The van der Waals surface area contributed by atoms with Gasteiger partial charge in [-0.3, -0.25) is 13.9 Å². The van der Waals surface area contributed by atoms with Crippen LogP contribution in [0.25, 0.3) is 16.7 Å². The van der Waals surface area contributed by atoms with E-state index in [1.807, 2.05) is 12.1 Å². The molecule has 25 heavy (non-hydrogen) atoms. The molecule has 0 saturated heterocycles. The molecule has 3 N–H and O–H groups in total. The molecule has 1 atom stereocenters. The smallest absolute Gasteiger partial charge is 0.333 e. The van der Waals surface area contributed by atoms with Crippen LogP contribution in [0, 0.1) is 0 Å². The average Bonchev–Trinajstić information content (AvgIpc) is 2.87. The van der Waals surface area contributed by atoms with Crippen molar-refractivity contribution in [3.05, 3.63) is 58.5 Å². The fourth-order valence-electron chi connectivity index (χ4n) is 2.88. The lowest BCUT2D eigenvalue weighted by atomic mass is 10.1. The molecule has 7 heteroatoms. The van der Waals surface area contributed by atoms with Crippen LogP contribution in [0.3, 0.4) is 0 Å². The first-order chi connectivity index (χ1) is 11.9. The number of ether oxygens (including phenoxy) is 1. The first-order valence-corrected chi connectivity index (χ1v) is 7.76. The minimum absolute atomic E-state index is 0.186. The van der Waals surface area contributed by atoms with Crippen molar-refractivity contribution in [3.8, 4) is 11.4 Å². The summed E-state index contributed by atoms with van der Waals surface area (Å²) in [5, 5.41) is 8.90. The molecule has 1 heterocycles. The molecule has 0 saturated carbocycles. The summed E-state index contributed by atoms with van der Waals surface area (Å²) in [5.41, 5.74) is 8.29. The number of nitrogens with two attached hydrogens (primary N) is 1. The zero-order valence-corrected chi connectivity index (χ0v) is 14.0. The van der Waals surface area contributed by atoms with Gasteiger partial charge in [0.25, 0.3) is 0 Å². The lowest BCUT2D eigenvalue weighted by Crippen LogP contribution is -2.32. The molecule has 1 unspecified atom stereocenters. The van der Waals surface area contributed by atoms with Crippen LogP contribution >= 0.6 is 0 Å². The zero-order chi connectivity index (χ0) is 18.1. The normalized spacial score (nSPS) is 12.3. The Bertz CT molecular complexity index is 986. The Labute approximate surface area is 143 Å². The third kappa shape index (κ3) is 2.89. The summed E-state index contributed by atoms with van der Waals surface area (Å²) in [6.07, 6.45) is 0.226. The highest BCUT2D eigenvalue weighted by atomic mass is 16.5. The molecule has 0 aliphatic heterocycles. The fraction of sp³-hybridized carbons (Fsp3) is 0.222. The Morgan fingerprint density at radius 1 is 1.24 bits per heavy atom. The van der Waals surface area contributed by atoms with Gasteiger partial charge in [-0.2, -0.15) is 0 Å². The Balaban J connectivity index is 2.09. The second kappa shape index (κ2) is 6.45. The van der Waals surface area contributed by atoms with Gasteiger partial charge in [-0.1, -0.05) is 18.2 Å². The van der Waals surface area contributed by atoms with E-state index in [1.165, 1.54) is 0 Å². The van der Waals surface area contributed by atoms with Crippen molar-refractivity contribution in [2.75, 3.05) is 7.11 Å². The molecule has 1 aromatic heterocycles. The predicted octanol–water partition coefficient (Wildman–Crippen LogP) is 1.29. The van der Waals surface area contributed by atoms with Gasteiger partial charge in [-0.05, 0) is 36.2 Å². The van der Waals surface area contributed by atoms with E-state index in [9.17, 15) is 9.59 Å². The number of aromatic nitrogens is 2. The van der Waals surface area contributed by atoms with Crippen LogP contribution in [0.2, 0.25) is 0 Å². The number of aliphatic carboxylic acids is 1. The van der Waals surface area contributed by atoms with Crippen molar-refractivity contribution in [1.29, 1.82) is 0 Å². The van der Waals surface area contributed by atoms with E-state index in [0.29, 0.717) is 17.0 Å². The van der Waals surface area contributed by atoms with Crippen molar-refractivity contribution < 1.29 is 14.6 Å². The van der Waals surface area contributed by atoms with Gasteiger partial charge < -0.3 is 15.6 Å². The average molecular weight is 341 g/mol. The van der Waals surface area contributed by atoms with E-state index in [1.54, 1.807) is 53.6 Å². The maximum atomic E-state index is 12.7. The first kappa shape index (κ1) is 16.8. The summed E-state index contributed by atoms with van der Waals surface area (Å²) in [4.78, 5) is 23.6. The van der Waals surface area contributed by atoms with Crippen LogP contribution < -0.4 is 16.2 Å². The molecular formula is C18H19N3O4. The molecule has 0 aliphatic rings. The Kier molecular flexibility index (Phi) is 4.33. The number of fused-ring (bicyclic) bond motifs is 1. The van der Waals surface area contributed by atoms with Crippen LogP contribution in [0.5, 0.6) is 5.75 Å². The predicted molar refractivity (Wildman–Crippen MR) is 94.4 cm³/mol. The largest absolute Gasteiger partial charge is 0.494 e. The van der Waals surface area contributed by atoms with E-state index in [2.05, 4.69) is 0 Å². The summed E-state index contributed by atoms with van der Waals surface area (Å²) in [5.74, 6) is -0.439. The summed E-state index contributed by atoms with van der Waals surface area (Å²) in [6.45, 7) is 0. The molecule has 2 aromatic carbocycles. The van der Waals surface area contributed by atoms with Crippen molar-refractivity contribution in [3.63, 3.8) is 0 Å². The van der Waals surface area contributed by atoms with Crippen LogP contribution in [0.15, 0.2) is 47.3 Å². The summed E-state index contributed by atoms with van der Waals surface area (Å²) < 4.78 is 8.55. The van der Waals surface area contributed by atoms with E-state index in [4.69, 9.17) is 15.6 Å². The number of benzene rings is 2. The number of imidazole rings is 1. The Hall–Kier alpha value is -3.06. The molecule has 130 valence electrons. The third-order valence-electron chi connectivity index (χ3n) is 4.23. The molecule has 3 aromatic rings. The second-order valence-electron chi connectivity index (χ2n) is 5.82. The number of hydrogen-bond donors (Lipinski definition) is 2. The fourth-order valence-corrected chi connectivity index (χ4v) is 2.88. The summed E-state index contributed by atoms with van der Waals surface area (Å²) >= 11 is 0. The number of carboxylic acids is 1. The Morgan fingerprint density at radius 3 is 2.52 bits per heavy atom. The zero-order valence-electron chi connectivity index (χ0n) is 14.0. The monoisotopic (exact) mass is 341 g/mol. The van der Waals surface area contributed by atoms with Crippen LogP contribution in [-0.2, 0) is 18.3 Å². The SMILES string of the molecule is COc1cccc2c1n(-c1ccc(CC(N)C(=O)O)cc1)c(=O)n2C. The van der Waals surface area contributed by atoms with Gasteiger partial charge in [0.2, 0.25) is 0 Å². The van der Waals surface area contributed by atoms with Crippen molar-refractivity contribution >= 4 is 17.0 Å². The molecule has 0 aliphatic carbocycles. The molecule has 7 nitrogen and oxygen atoms in total. The standard InChI is InChI=1S/C18H19N3O4/c1-20-14-4-3-5-15(25-2)16(14)21(18(20)24)12-8-6-11(7-9-12)10-13(19)17(22)23/h3-9,13H,10,19H2,1-2H3,(H,22,23). The summed E-state index contributed by atoms with van der Waals surface area (Å²) in [7, 11) is 3.27. The van der Waals surface area contributed by atoms with E-state index in [0.717, 1.165) is 11.1 Å². The number of carbonyl (C=O) groups is 1. The molecule has 0 radical (unpaired) electrons. The highest BCUT2D eigenvalue weighted by Gasteiger charge is 2.17. The maximum Gasteiger partial charge on any atom is 0.333 e. The number of nitrogens with zero attached hydrogens (tertiary/aromatic N) is 2. The molecule has 0 spiro atoms. The number of carboxylic acid groups (broad SMARTS) is 1. The van der Waals surface area contributed by atoms with E-state index in [-0.39, 0.29) is 12.1 Å². The number of hydrogen-bond acceptors (Lipinski definition) is 4. The second-order valence-corrected chi connectivity index (χ2v) is 5.82. The van der Waals surface area contributed by atoms with Gasteiger partial charge in [0, 0.05) is 7.05 Å². The third-order valence-corrected chi connectivity index (χ3v) is 4.23. The van der Waals surface area contributed by atoms with Gasteiger partial charge in [0.1, 0.15) is 17.3 Å². The molecule has 0 fully saturated rings. The number of methoxy groups -OCH3 is 1. The highest BCUT2D eigenvalue weighted by molar-refractivity contribution is 5.84. The maximum absolute atomic E-state index is 12.7. The number of para-hydroxylation sites is 1. The van der Waals surface area contributed by atoms with Crippen LogP contribution in [0.4, 0.5) is 0 Å². The molecule has 0 amide bonds. The first-order valence-electron chi connectivity index (χ1n) is 7.76. The quantitative estimate of drug-likeness (QED) is 0.728. The topological polar surface area (TPSA) is 99.5 Å². The van der Waals surface area contributed by atoms with Gasteiger partial charge in [-0.25, -0.2) is 4.79 Å². The molecular weight excluding hydrogens is 322 g/mol. The molecule has 3 rings (SSSR count). The van der Waals surface area contributed by atoms with Gasteiger partial charge in [0.15, 0.2) is 0 Å². The number of aryl methyl sites for hydroxylation is 1. The Morgan fingerprint density at radius 2 is 1.92 bits per heavy atom. The van der Waals surface area contributed by atoms with E-state index < -0.39 is 12.0 Å². The lowest BCUT2D eigenvalue weighted by molar-refractivity contribution is -0.138. The van der Waals surface area contributed by atoms with Crippen molar-refractivity contribution in [1.82, 2.24) is 9.13 Å². The van der Waals surface area contributed by atoms with Gasteiger partial charge >= 0.3 is 11.7 Å². The van der Waals surface area contributed by atoms with Gasteiger partial charge in [-0.15, -0.1) is 0 Å². The van der Waals surface area contributed by atoms with Gasteiger partial charge in [0.05, 0.1) is 18.3 Å². The van der Waals surface area contributed by atoms with Crippen molar-refractivity contribution in [2.24, 2.45) is 12.8 Å². The highest BCUT2D eigenvalue weighted by Crippen LogP contribution is 2.26.